The average Bonchev–Trinajstić information content (AvgIpc) is 3.48. The predicted molar refractivity (Wildman–Crippen MR) is 149 cm³/mol. The first kappa shape index (κ1) is 29.8. The van der Waals surface area contributed by atoms with Gasteiger partial charge in [0.1, 0.15) is 0 Å². The first-order valence-electron chi connectivity index (χ1n) is 12.7. The molecular weight excluding hydrogens is 653 g/mol. The summed E-state index contributed by atoms with van der Waals surface area (Å²) < 4.78 is 3.49. The summed E-state index contributed by atoms with van der Waals surface area (Å²) in [7, 11) is 4.07. The van der Waals surface area contributed by atoms with Gasteiger partial charge in [0, 0.05) is 36.6 Å². The Balaban J connectivity index is 0.00000400. The van der Waals surface area contributed by atoms with Gasteiger partial charge < -0.3 is 14.3 Å². The van der Waals surface area contributed by atoms with Crippen LogP contribution in [0.2, 0.25) is 0 Å². The van der Waals surface area contributed by atoms with E-state index in [1.54, 1.807) is 9.36 Å². The topological polar surface area (TPSA) is 64.7 Å². The van der Waals surface area contributed by atoms with E-state index in [0.29, 0.717) is 0 Å². The molecule has 204 valence electrons. The smallest absolute Gasteiger partial charge is 0.378 e. The molecule has 4 rings (SSSR count). The van der Waals surface area contributed by atoms with Crippen molar-refractivity contribution in [2.24, 2.45) is 0 Å². The van der Waals surface area contributed by atoms with Crippen LogP contribution in [0.4, 0.5) is 5.69 Å². The molecule has 0 aliphatic heterocycles. The van der Waals surface area contributed by atoms with E-state index in [9.17, 15) is 0 Å². The third-order valence-corrected chi connectivity index (χ3v) is 6.58. The number of hydrogen-bond donors (Lipinski definition) is 0. The number of hydrogen-bond acceptors (Lipinski definition) is 5. The molecule has 0 bridgehead atoms. The van der Waals surface area contributed by atoms with Gasteiger partial charge in [0.05, 0.1) is 11.6 Å². The maximum atomic E-state index is 5.07. The van der Waals surface area contributed by atoms with E-state index in [-0.39, 0.29) is 31.9 Å². The molecule has 0 radical (unpaired) electrons. The van der Waals surface area contributed by atoms with E-state index < -0.39 is 5.41 Å². The van der Waals surface area contributed by atoms with Crippen LogP contribution < -0.4 is 4.90 Å². The fourth-order valence-electron chi connectivity index (χ4n) is 3.94. The summed E-state index contributed by atoms with van der Waals surface area (Å²) in [6, 6.07) is 12.2. The van der Waals surface area contributed by atoms with Crippen LogP contribution in [0, 0.1) is 19.3 Å². The second-order valence-electron chi connectivity index (χ2n) is 12.6. The molecule has 0 fully saturated rings. The van der Waals surface area contributed by atoms with E-state index in [1.807, 2.05) is 38.4 Å². The first-order chi connectivity index (χ1) is 17.1. The van der Waals surface area contributed by atoms with Crippen LogP contribution in [0.25, 0.3) is 11.6 Å². The summed E-state index contributed by atoms with van der Waals surface area (Å²) in [5.41, 5.74) is 5.30. The summed E-state index contributed by atoms with van der Waals surface area (Å²) in [6.45, 7) is 19.3. The second kappa shape index (κ2) is 10.4. The minimum absolute atomic E-state index is 0. The summed E-state index contributed by atoms with van der Waals surface area (Å²) in [5.74, 6) is 1.48. The summed E-state index contributed by atoms with van der Waals surface area (Å²) in [4.78, 5) is 12.2. The molecule has 0 N–H and O–H groups in total. The normalized spacial score (nSPS) is 12.4. The van der Waals surface area contributed by atoms with Crippen molar-refractivity contribution in [1.82, 2.24) is 29.5 Å². The number of anilines is 1. The first-order valence-corrected chi connectivity index (χ1v) is 12.7. The van der Waals surface area contributed by atoms with Crippen molar-refractivity contribution < 1.29 is 21.1 Å². The molecule has 0 aliphatic carbocycles. The van der Waals surface area contributed by atoms with Gasteiger partial charge in [0.2, 0.25) is 0 Å². The molecule has 0 saturated heterocycles. The number of nitrogens with zero attached hydrogens (tertiary/aromatic N) is 7. The van der Waals surface area contributed by atoms with Crippen LogP contribution in [0.5, 0.6) is 0 Å². The largest absolute Gasteiger partial charge is 2.00 e. The average molecular weight is 693 g/mol. The Morgan fingerprint density at radius 1 is 0.658 bits per heavy atom. The Morgan fingerprint density at radius 3 is 1.53 bits per heavy atom. The molecule has 8 heteroatoms. The van der Waals surface area contributed by atoms with Gasteiger partial charge in [0.25, 0.3) is 0 Å². The molecule has 7 nitrogen and oxygen atoms in total. The van der Waals surface area contributed by atoms with Crippen molar-refractivity contribution >= 4 is 5.69 Å². The molecule has 4 aromatic rings. The molecule has 0 spiro atoms. The van der Waals surface area contributed by atoms with Gasteiger partial charge in [0.15, 0.2) is 0 Å². The zero-order valence-electron chi connectivity index (χ0n) is 24.4. The van der Waals surface area contributed by atoms with Crippen molar-refractivity contribution in [2.75, 3.05) is 19.0 Å². The van der Waals surface area contributed by atoms with Crippen LogP contribution >= 0.6 is 0 Å². The number of rotatable bonds is 5. The molecule has 0 amide bonds. The van der Waals surface area contributed by atoms with Crippen molar-refractivity contribution in [3.8, 4) is 11.6 Å². The molecule has 38 heavy (non-hydrogen) atoms. The van der Waals surface area contributed by atoms with Crippen LogP contribution in [0.15, 0.2) is 36.4 Å². The SMILES string of the molecule is Cc1cc(-n2[c-]cc(C(C)(C)C)n2)nc(C(C)(C)c2cc(N(C)C)cc(-n3[c-]cc(C(C)(C)C)n3)n2)c1.[Pt+2]. The Morgan fingerprint density at radius 2 is 1.11 bits per heavy atom. The fraction of sp³-hybridized carbons (Fsp3) is 0.467. The van der Waals surface area contributed by atoms with E-state index in [1.165, 1.54) is 0 Å². The van der Waals surface area contributed by atoms with Gasteiger partial charge in [-0.15, -0.1) is 12.1 Å². The molecule has 0 saturated carbocycles. The van der Waals surface area contributed by atoms with Gasteiger partial charge in [-0.05, 0) is 55.1 Å². The molecule has 0 unspecified atom stereocenters. The predicted octanol–water partition coefficient (Wildman–Crippen LogP) is 5.74. The van der Waals surface area contributed by atoms with Crippen molar-refractivity contribution in [3.63, 3.8) is 0 Å². The quantitative estimate of drug-likeness (QED) is 0.250. The molecule has 4 aromatic heterocycles. The number of pyridine rings is 2. The van der Waals surface area contributed by atoms with Gasteiger partial charge in [-0.1, -0.05) is 71.6 Å². The number of aromatic nitrogens is 6. The van der Waals surface area contributed by atoms with Gasteiger partial charge in [-0.25, -0.2) is 0 Å². The Hall–Kier alpha value is -2.79. The van der Waals surface area contributed by atoms with Crippen molar-refractivity contribution in [2.45, 2.75) is 78.6 Å². The Bertz CT molecular complexity index is 1420. The van der Waals surface area contributed by atoms with Crippen molar-refractivity contribution in [3.05, 3.63) is 77.1 Å². The number of aryl methyl sites for hydroxylation is 1. The molecule has 0 aromatic carbocycles. The van der Waals surface area contributed by atoms with E-state index in [2.05, 4.69) is 91.7 Å². The monoisotopic (exact) mass is 692 g/mol. The third-order valence-electron chi connectivity index (χ3n) is 6.58. The van der Waals surface area contributed by atoms with Gasteiger partial charge in [-0.3, -0.25) is 20.2 Å². The summed E-state index contributed by atoms with van der Waals surface area (Å²) in [5, 5.41) is 9.55. The fourth-order valence-corrected chi connectivity index (χ4v) is 3.94. The zero-order chi connectivity index (χ0) is 27.3. The van der Waals surface area contributed by atoms with Gasteiger partial charge >= 0.3 is 21.1 Å². The summed E-state index contributed by atoms with van der Waals surface area (Å²) in [6.07, 6.45) is 6.51. The van der Waals surface area contributed by atoms with Crippen molar-refractivity contribution in [1.29, 1.82) is 0 Å². The molecular formula is C30H39N7Pt. The van der Waals surface area contributed by atoms with E-state index >= 15 is 0 Å². The zero-order valence-corrected chi connectivity index (χ0v) is 26.7. The minimum atomic E-state index is -0.485. The van der Waals surface area contributed by atoms with E-state index in [4.69, 9.17) is 20.2 Å². The minimum Gasteiger partial charge on any atom is -0.378 e. The van der Waals surface area contributed by atoms with Crippen LogP contribution in [0.3, 0.4) is 0 Å². The Labute approximate surface area is 242 Å². The van der Waals surface area contributed by atoms with Crippen LogP contribution in [0.1, 0.15) is 83.7 Å². The second-order valence-corrected chi connectivity index (χ2v) is 12.6. The summed E-state index contributed by atoms with van der Waals surface area (Å²) >= 11 is 0. The molecule has 4 heterocycles. The standard InChI is InChI=1S/C30H39N7.Pt/c1-20-16-24(31-26(17-20)36-14-12-22(33-36)28(2,3)4)30(8,9)25-18-21(35(10)11)19-27(32-25)37-15-13-23(34-37)29(5,6)7;/h12-13,16-19H,1-11H3;/q-2;+2. The molecule has 0 aliphatic rings. The third kappa shape index (κ3) is 6.09. The molecule has 0 atom stereocenters. The maximum absolute atomic E-state index is 5.07. The van der Waals surface area contributed by atoms with Gasteiger partial charge in [-0.2, -0.15) is 0 Å². The maximum Gasteiger partial charge on any atom is 2.00 e. The van der Waals surface area contributed by atoms with E-state index in [0.717, 1.165) is 45.7 Å². The Kier molecular flexibility index (Phi) is 8.15. The van der Waals surface area contributed by atoms with Crippen LogP contribution in [-0.2, 0) is 37.3 Å². The van der Waals surface area contributed by atoms with Crippen LogP contribution in [-0.4, -0.2) is 43.6 Å².